The van der Waals surface area contributed by atoms with E-state index >= 15 is 0 Å². The van der Waals surface area contributed by atoms with Crippen LogP contribution >= 0.6 is 0 Å². The molecule has 3 rings (SSSR count). The molecule has 98 valence electrons. The van der Waals surface area contributed by atoms with Gasteiger partial charge in [-0.05, 0) is 35.7 Å². The molecule has 19 heavy (non-hydrogen) atoms. The van der Waals surface area contributed by atoms with Crippen LogP contribution in [0.5, 0.6) is 17.2 Å². The second kappa shape index (κ2) is 4.48. The number of fused-ring (bicyclic) bond motifs is 1. The summed E-state index contributed by atoms with van der Waals surface area (Å²) in [7, 11) is 0. The van der Waals surface area contributed by atoms with Crippen LogP contribution in [-0.2, 0) is 6.42 Å². The highest BCUT2D eigenvalue weighted by molar-refractivity contribution is 5.51. The van der Waals surface area contributed by atoms with E-state index in [2.05, 4.69) is 5.32 Å². The van der Waals surface area contributed by atoms with Crippen LogP contribution in [0.3, 0.4) is 0 Å². The molecule has 0 aromatic heterocycles. The first-order chi connectivity index (χ1) is 9.16. The lowest BCUT2D eigenvalue weighted by atomic mass is 9.89. The minimum Gasteiger partial charge on any atom is -0.508 e. The molecule has 4 nitrogen and oxygen atoms in total. The molecule has 0 aliphatic carbocycles. The summed E-state index contributed by atoms with van der Waals surface area (Å²) in [6.45, 7) is 0.760. The molecule has 0 unspecified atom stereocenters. The van der Waals surface area contributed by atoms with Gasteiger partial charge in [-0.3, -0.25) is 0 Å². The van der Waals surface area contributed by atoms with E-state index in [1.54, 1.807) is 24.3 Å². The summed E-state index contributed by atoms with van der Waals surface area (Å²) in [5.41, 5.74) is 2.65. The summed E-state index contributed by atoms with van der Waals surface area (Å²) >= 11 is 0. The topological polar surface area (TPSA) is 72.7 Å². The number of hydrogen-bond acceptors (Lipinski definition) is 4. The zero-order valence-corrected chi connectivity index (χ0v) is 10.3. The Morgan fingerprint density at radius 2 is 1.63 bits per heavy atom. The maximum atomic E-state index is 9.96. The number of aromatic hydroxyl groups is 3. The Kier molecular flexibility index (Phi) is 2.80. The molecule has 0 bridgehead atoms. The van der Waals surface area contributed by atoms with Gasteiger partial charge in [-0.15, -0.1) is 0 Å². The standard InChI is InChI=1S/C15H15NO3/c17-12-4-2-1-3-10(12)15-11-8-14(19)13(18)7-9(11)5-6-16-15/h1-4,7-8,15-19H,5-6H2/t15-/m1/s1. The summed E-state index contributed by atoms with van der Waals surface area (Å²) in [5.74, 6) is -0.0139. The Balaban J connectivity index is 2.13. The summed E-state index contributed by atoms with van der Waals surface area (Å²) in [6, 6.07) is 10.1. The second-order valence-electron chi connectivity index (χ2n) is 4.74. The molecule has 0 fully saturated rings. The Morgan fingerprint density at radius 3 is 2.42 bits per heavy atom. The minimum absolute atomic E-state index is 0.100. The lowest BCUT2D eigenvalue weighted by Crippen LogP contribution is -2.30. The van der Waals surface area contributed by atoms with Gasteiger partial charge in [-0.25, -0.2) is 0 Å². The molecule has 0 spiro atoms. The fourth-order valence-corrected chi connectivity index (χ4v) is 2.59. The Labute approximate surface area is 111 Å². The van der Waals surface area contributed by atoms with Crippen molar-refractivity contribution >= 4 is 0 Å². The molecule has 1 atom stereocenters. The first kappa shape index (κ1) is 11.9. The van der Waals surface area contributed by atoms with Crippen LogP contribution in [0.4, 0.5) is 0 Å². The van der Waals surface area contributed by atoms with Crippen molar-refractivity contribution < 1.29 is 15.3 Å². The lowest BCUT2D eigenvalue weighted by Gasteiger charge is -2.28. The van der Waals surface area contributed by atoms with Crippen LogP contribution in [0.2, 0.25) is 0 Å². The number of phenolic OH excluding ortho intramolecular Hbond substituents is 3. The zero-order chi connectivity index (χ0) is 13.4. The van der Waals surface area contributed by atoms with Crippen molar-refractivity contribution in [3.05, 3.63) is 53.1 Å². The molecular formula is C15H15NO3. The number of hydrogen-bond donors (Lipinski definition) is 4. The van der Waals surface area contributed by atoms with E-state index in [9.17, 15) is 15.3 Å². The van der Waals surface area contributed by atoms with Gasteiger partial charge in [0.2, 0.25) is 0 Å². The van der Waals surface area contributed by atoms with Crippen LogP contribution in [0, 0.1) is 0 Å². The van der Waals surface area contributed by atoms with Gasteiger partial charge in [0.25, 0.3) is 0 Å². The number of benzene rings is 2. The molecule has 0 saturated carbocycles. The molecule has 2 aromatic rings. The largest absolute Gasteiger partial charge is 0.508 e. The highest BCUT2D eigenvalue weighted by atomic mass is 16.3. The number of rotatable bonds is 1. The predicted molar refractivity (Wildman–Crippen MR) is 71.4 cm³/mol. The number of para-hydroxylation sites is 1. The van der Waals surface area contributed by atoms with Crippen molar-refractivity contribution in [2.75, 3.05) is 6.54 Å². The highest BCUT2D eigenvalue weighted by Crippen LogP contribution is 2.38. The average Bonchev–Trinajstić information content (AvgIpc) is 2.40. The van der Waals surface area contributed by atoms with Gasteiger partial charge in [0.1, 0.15) is 5.75 Å². The van der Waals surface area contributed by atoms with Gasteiger partial charge >= 0.3 is 0 Å². The highest BCUT2D eigenvalue weighted by Gasteiger charge is 2.24. The average molecular weight is 257 g/mol. The molecule has 4 heteroatoms. The molecule has 4 N–H and O–H groups in total. The van der Waals surface area contributed by atoms with Crippen molar-refractivity contribution in [3.8, 4) is 17.2 Å². The van der Waals surface area contributed by atoms with Crippen molar-refractivity contribution in [2.24, 2.45) is 0 Å². The Hall–Kier alpha value is -2.20. The van der Waals surface area contributed by atoms with Crippen LogP contribution in [0.25, 0.3) is 0 Å². The van der Waals surface area contributed by atoms with Gasteiger partial charge < -0.3 is 20.6 Å². The number of nitrogens with one attached hydrogen (secondary N) is 1. The molecule has 0 saturated heterocycles. The van der Waals surface area contributed by atoms with E-state index < -0.39 is 0 Å². The van der Waals surface area contributed by atoms with Gasteiger partial charge in [0.15, 0.2) is 11.5 Å². The van der Waals surface area contributed by atoms with Gasteiger partial charge in [0.05, 0.1) is 6.04 Å². The fourth-order valence-electron chi connectivity index (χ4n) is 2.59. The Bertz CT molecular complexity index is 625. The van der Waals surface area contributed by atoms with E-state index in [4.69, 9.17) is 0 Å². The SMILES string of the molecule is Oc1cc2c(cc1O)[C@@H](c1ccccc1O)NCC2. The van der Waals surface area contributed by atoms with Crippen LogP contribution in [0.1, 0.15) is 22.7 Å². The molecule has 0 amide bonds. The first-order valence-corrected chi connectivity index (χ1v) is 6.23. The minimum atomic E-state index is -0.170. The fraction of sp³-hybridized carbons (Fsp3) is 0.200. The van der Waals surface area contributed by atoms with Crippen molar-refractivity contribution in [1.29, 1.82) is 0 Å². The zero-order valence-electron chi connectivity index (χ0n) is 10.3. The quantitative estimate of drug-likeness (QED) is 0.590. The smallest absolute Gasteiger partial charge is 0.157 e. The van der Waals surface area contributed by atoms with Crippen molar-refractivity contribution in [2.45, 2.75) is 12.5 Å². The predicted octanol–water partition coefficient (Wildman–Crippen LogP) is 2.04. The maximum Gasteiger partial charge on any atom is 0.157 e. The number of phenols is 3. The molecule has 2 aromatic carbocycles. The third-order valence-electron chi connectivity index (χ3n) is 3.54. The van der Waals surface area contributed by atoms with Crippen LogP contribution < -0.4 is 5.32 Å². The monoisotopic (exact) mass is 257 g/mol. The summed E-state index contributed by atoms with van der Waals surface area (Å²) in [5, 5.41) is 32.5. The lowest BCUT2D eigenvalue weighted by molar-refractivity contribution is 0.399. The van der Waals surface area contributed by atoms with E-state index in [0.29, 0.717) is 0 Å². The third-order valence-corrected chi connectivity index (χ3v) is 3.54. The summed E-state index contributed by atoms with van der Waals surface area (Å²) in [4.78, 5) is 0. The van der Waals surface area contributed by atoms with Crippen LogP contribution in [0.15, 0.2) is 36.4 Å². The molecule has 1 heterocycles. The normalized spacial score (nSPS) is 18.0. The van der Waals surface area contributed by atoms with E-state index in [0.717, 1.165) is 29.7 Å². The van der Waals surface area contributed by atoms with E-state index in [1.165, 1.54) is 0 Å². The first-order valence-electron chi connectivity index (χ1n) is 6.23. The van der Waals surface area contributed by atoms with Gasteiger partial charge in [-0.2, -0.15) is 0 Å². The summed E-state index contributed by atoms with van der Waals surface area (Å²) < 4.78 is 0. The van der Waals surface area contributed by atoms with Crippen molar-refractivity contribution in [1.82, 2.24) is 5.32 Å². The second-order valence-corrected chi connectivity index (χ2v) is 4.74. The van der Waals surface area contributed by atoms with E-state index in [-0.39, 0.29) is 23.3 Å². The van der Waals surface area contributed by atoms with Gasteiger partial charge in [-0.1, -0.05) is 18.2 Å². The molecular weight excluding hydrogens is 242 g/mol. The van der Waals surface area contributed by atoms with Crippen LogP contribution in [-0.4, -0.2) is 21.9 Å². The van der Waals surface area contributed by atoms with E-state index in [1.807, 2.05) is 12.1 Å². The third kappa shape index (κ3) is 2.00. The Morgan fingerprint density at radius 1 is 0.895 bits per heavy atom. The van der Waals surface area contributed by atoms with Gasteiger partial charge in [0, 0.05) is 12.1 Å². The van der Waals surface area contributed by atoms with Crippen molar-refractivity contribution in [3.63, 3.8) is 0 Å². The molecule has 1 aliphatic heterocycles. The summed E-state index contributed by atoms with van der Waals surface area (Å²) in [6.07, 6.45) is 0.785. The molecule has 1 aliphatic rings. The molecule has 0 radical (unpaired) electrons. The maximum absolute atomic E-state index is 9.96.